The van der Waals surface area contributed by atoms with E-state index in [-0.39, 0.29) is 23.2 Å². The summed E-state index contributed by atoms with van der Waals surface area (Å²) in [7, 11) is 0. The molecule has 1 spiro atoms. The molecule has 0 saturated carbocycles. The topological polar surface area (TPSA) is 117 Å². The average molecular weight is 677 g/mol. The van der Waals surface area contributed by atoms with Gasteiger partial charge in [0.15, 0.2) is 0 Å². The van der Waals surface area contributed by atoms with E-state index >= 15 is 0 Å². The Labute approximate surface area is 271 Å². The van der Waals surface area contributed by atoms with Crippen LogP contribution in [0.5, 0.6) is 5.75 Å². The van der Waals surface area contributed by atoms with Gasteiger partial charge in [-0.05, 0) is 74.6 Å². The molecule has 0 aromatic heterocycles. The number of likely N-dealkylation sites (tertiary alicyclic amines) is 1. The highest BCUT2D eigenvalue weighted by Crippen LogP contribution is 2.60. The minimum Gasteiger partial charge on any atom is -0.494 e. The number of ether oxygens (including phenoxy) is 2. The number of benzene rings is 3. The number of nitrogens with one attached hydrogen (secondary N) is 2. The van der Waals surface area contributed by atoms with Gasteiger partial charge in [0.05, 0.1) is 37.2 Å². The van der Waals surface area contributed by atoms with Gasteiger partial charge in [0, 0.05) is 16.2 Å². The molecule has 0 radical (unpaired) electrons. The Morgan fingerprint density at radius 3 is 2.36 bits per heavy atom. The van der Waals surface area contributed by atoms with Gasteiger partial charge < -0.3 is 30.1 Å². The summed E-state index contributed by atoms with van der Waals surface area (Å²) in [6.45, 7) is 5.90. The van der Waals surface area contributed by atoms with Crippen LogP contribution in [0.2, 0.25) is 0 Å². The van der Waals surface area contributed by atoms with Crippen LogP contribution in [0.15, 0.2) is 72.8 Å². The maximum Gasteiger partial charge on any atom is 0.250 e. The predicted octanol–water partition coefficient (Wildman–Crippen LogP) is 4.63. The number of rotatable bonds is 10. The molecule has 10 heteroatoms. The van der Waals surface area contributed by atoms with Crippen molar-refractivity contribution in [2.24, 2.45) is 11.8 Å². The average Bonchev–Trinajstić information content (AvgIpc) is 3.62. The molecular weight excluding hydrogens is 638 g/mol. The number of aliphatic hydroxyl groups is 1. The minimum atomic E-state index is -1.26. The van der Waals surface area contributed by atoms with Crippen molar-refractivity contribution in [3.05, 3.63) is 89.5 Å². The summed E-state index contributed by atoms with van der Waals surface area (Å²) < 4.78 is 12.2. The molecule has 3 amide bonds. The third-order valence-electron chi connectivity index (χ3n) is 9.36. The third kappa shape index (κ3) is 5.53. The van der Waals surface area contributed by atoms with Gasteiger partial charge in [-0.25, -0.2) is 0 Å². The quantitative estimate of drug-likeness (QED) is 0.270. The second-order valence-electron chi connectivity index (χ2n) is 12.1. The van der Waals surface area contributed by atoms with Crippen LogP contribution >= 0.6 is 15.9 Å². The van der Waals surface area contributed by atoms with Crippen molar-refractivity contribution in [3.63, 3.8) is 0 Å². The second-order valence-corrected chi connectivity index (χ2v) is 13.3. The van der Waals surface area contributed by atoms with E-state index in [1.165, 1.54) is 4.90 Å². The summed E-state index contributed by atoms with van der Waals surface area (Å²) in [4.78, 5) is 44.3. The second kappa shape index (κ2) is 12.6. The van der Waals surface area contributed by atoms with Crippen LogP contribution in [0.25, 0.3) is 0 Å². The SMILES string of the molecule is CCOc1ccc(NC(=O)[C@H]2[C@@H]3OC4(CC3Br)C(C(=O)Nc3c(C)cccc3C)N([C@@H](CO)Cc3ccccc3)C(=O)[C@H]24)cc1. The smallest absolute Gasteiger partial charge is 0.250 e. The summed E-state index contributed by atoms with van der Waals surface area (Å²) in [5, 5.41) is 16.8. The number of amides is 3. The number of alkyl halides is 1. The van der Waals surface area contributed by atoms with E-state index in [2.05, 4.69) is 26.6 Å². The van der Waals surface area contributed by atoms with Gasteiger partial charge in [0.1, 0.15) is 17.4 Å². The van der Waals surface area contributed by atoms with Gasteiger partial charge in [0.2, 0.25) is 17.7 Å². The predicted molar refractivity (Wildman–Crippen MR) is 174 cm³/mol. The first-order valence-corrected chi connectivity index (χ1v) is 16.3. The van der Waals surface area contributed by atoms with Gasteiger partial charge in [-0.1, -0.05) is 64.5 Å². The van der Waals surface area contributed by atoms with Crippen molar-refractivity contribution in [1.29, 1.82) is 0 Å². The van der Waals surface area contributed by atoms with Gasteiger partial charge >= 0.3 is 0 Å². The fraction of sp³-hybridized carbons (Fsp3) is 0.400. The number of anilines is 2. The van der Waals surface area contributed by atoms with E-state index < -0.39 is 41.5 Å². The number of para-hydroxylation sites is 1. The van der Waals surface area contributed by atoms with Crippen LogP contribution in [-0.4, -0.2) is 69.6 Å². The van der Waals surface area contributed by atoms with Crippen LogP contribution in [0, 0.1) is 25.7 Å². The number of carbonyl (C=O) groups is 3. The molecule has 3 unspecified atom stereocenters. The lowest BCUT2D eigenvalue weighted by atomic mass is 9.70. The Hall–Kier alpha value is -3.73. The van der Waals surface area contributed by atoms with Crippen molar-refractivity contribution in [2.45, 2.75) is 62.2 Å². The largest absolute Gasteiger partial charge is 0.494 e. The molecular formula is C35H38BrN3O6. The monoisotopic (exact) mass is 675 g/mol. The number of nitrogens with zero attached hydrogens (tertiary/aromatic N) is 1. The minimum absolute atomic E-state index is 0.255. The zero-order chi connectivity index (χ0) is 31.9. The molecule has 3 aromatic carbocycles. The van der Waals surface area contributed by atoms with Crippen LogP contribution in [-0.2, 0) is 25.5 Å². The molecule has 3 aromatic rings. The lowest BCUT2D eigenvalue weighted by Crippen LogP contribution is -2.57. The lowest BCUT2D eigenvalue weighted by Gasteiger charge is -2.37. The molecule has 3 fully saturated rings. The fourth-order valence-electron chi connectivity index (χ4n) is 7.43. The molecule has 6 rings (SSSR count). The van der Waals surface area contributed by atoms with Crippen molar-refractivity contribution in [1.82, 2.24) is 4.90 Å². The molecule has 9 nitrogen and oxygen atoms in total. The molecule has 45 heavy (non-hydrogen) atoms. The lowest BCUT2D eigenvalue weighted by molar-refractivity contribution is -0.143. The van der Waals surface area contributed by atoms with E-state index in [0.29, 0.717) is 36.6 Å². The molecule has 2 bridgehead atoms. The molecule has 3 N–H and O–H groups in total. The van der Waals surface area contributed by atoms with E-state index in [1.807, 2.05) is 69.3 Å². The maximum absolute atomic E-state index is 14.6. The van der Waals surface area contributed by atoms with E-state index in [1.54, 1.807) is 24.3 Å². The molecule has 7 atom stereocenters. The Morgan fingerprint density at radius 1 is 1.02 bits per heavy atom. The summed E-state index contributed by atoms with van der Waals surface area (Å²) in [6, 6.07) is 20.6. The molecule has 3 heterocycles. The first-order valence-electron chi connectivity index (χ1n) is 15.4. The number of carbonyl (C=O) groups excluding carboxylic acids is 3. The van der Waals surface area contributed by atoms with Gasteiger partial charge in [-0.15, -0.1) is 0 Å². The van der Waals surface area contributed by atoms with E-state index in [9.17, 15) is 19.5 Å². The third-order valence-corrected chi connectivity index (χ3v) is 10.2. The maximum atomic E-state index is 14.6. The number of fused-ring (bicyclic) bond motifs is 1. The Morgan fingerprint density at radius 2 is 1.71 bits per heavy atom. The van der Waals surface area contributed by atoms with Gasteiger partial charge in [-0.3, -0.25) is 14.4 Å². The molecule has 3 aliphatic heterocycles. The number of aliphatic hydroxyl groups excluding tert-OH is 1. The Kier molecular flexibility index (Phi) is 8.74. The fourth-order valence-corrected chi connectivity index (χ4v) is 8.37. The van der Waals surface area contributed by atoms with Crippen LogP contribution < -0.4 is 15.4 Å². The highest BCUT2D eigenvalue weighted by atomic mass is 79.9. The summed E-state index contributed by atoms with van der Waals surface area (Å²) in [6.07, 6.45) is 0.0932. The Bertz CT molecular complexity index is 1560. The Balaban J connectivity index is 1.37. The van der Waals surface area contributed by atoms with E-state index in [4.69, 9.17) is 9.47 Å². The highest BCUT2D eigenvalue weighted by Gasteiger charge is 2.77. The van der Waals surface area contributed by atoms with Crippen molar-refractivity contribution in [2.75, 3.05) is 23.8 Å². The molecule has 0 aliphatic carbocycles. The molecule has 3 aliphatic rings. The highest BCUT2D eigenvalue weighted by molar-refractivity contribution is 9.09. The number of hydrogen-bond acceptors (Lipinski definition) is 6. The van der Waals surface area contributed by atoms with Crippen molar-refractivity contribution < 1.29 is 29.0 Å². The first-order chi connectivity index (χ1) is 21.7. The summed E-state index contributed by atoms with van der Waals surface area (Å²) in [5.41, 5.74) is 2.67. The van der Waals surface area contributed by atoms with Crippen LogP contribution in [0.4, 0.5) is 11.4 Å². The summed E-state index contributed by atoms with van der Waals surface area (Å²) >= 11 is 3.73. The van der Waals surface area contributed by atoms with Crippen molar-refractivity contribution >= 4 is 45.0 Å². The zero-order valence-corrected chi connectivity index (χ0v) is 27.1. The molecule has 236 valence electrons. The number of halogens is 1. The zero-order valence-electron chi connectivity index (χ0n) is 25.5. The van der Waals surface area contributed by atoms with Crippen LogP contribution in [0.3, 0.4) is 0 Å². The number of aryl methyl sites for hydroxylation is 2. The van der Waals surface area contributed by atoms with Gasteiger partial charge in [-0.2, -0.15) is 0 Å². The molecule has 3 saturated heterocycles. The first kappa shape index (κ1) is 31.3. The number of hydrogen-bond donors (Lipinski definition) is 3. The van der Waals surface area contributed by atoms with Gasteiger partial charge in [0.25, 0.3) is 0 Å². The van der Waals surface area contributed by atoms with Crippen molar-refractivity contribution in [3.8, 4) is 5.75 Å². The standard InChI is InChI=1S/C35H38BrN3O6/c1-4-44-25-15-13-23(14-16-25)37-32(41)27-28-34(43)39(24(19-40)17-22-11-6-5-7-12-22)31(35(28)18-26(36)30(27)45-35)33(42)38-29-20(2)9-8-10-21(29)3/h5-16,24,26-28,30-31,40H,4,17-19H2,1-3H3,(H,37,41)(H,38,42)/t24-,26?,27-,28+,30-,31?,35?/m1/s1. The summed E-state index contributed by atoms with van der Waals surface area (Å²) in [5.74, 6) is -2.18. The van der Waals surface area contributed by atoms with Crippen LogP contribution in [0.1, 0.15) is 30.0 Å². The normalized spacial score (nSPS) is 27.3. The van der Waals surface area contributed by atoms with E-state index in [0.717, 1.165) is 16.7 Å².